The molecule has 0 radical (unpaired) electrons. The summed E-state index contributed by atoms with van der Waals surface area (Å²) in [6.07, 6.45) is -2.23. The molecule has 2 rings (SSSR count). The molecule has 1 saturated carbocycles. The molecule has 1 fully saturated rings. The van der Waals surface area contributed by atoms with Crippen molar-refractivity contribution in [2.24, 2.45) is 5.92 Å². The summed E-state index contributed by atoms with van der Waals surface area (Å²) < 4.78 is 38.4. The van der Waals surface area contributed by atoms with E-state index < -0.39 is 11.9 Å². The Labute approximate surface area is 90.0 Å². The van der Waals surface area contributed by atoms with Gasteiger partial charge in [0, 0.05) is 6.54 Å². The van der Waals surface area contributed by atoms with Gasteiger partial charge in [-0.25, -0.2) is 0 Å². The SMILES string of the molecule is FC(F)(F)c1cc(CCl)n(CC2CC2)n1. The van der Waals surface area contributed by atoms with Gasteiger partial charge in [0.1, 0.15) is 0 Å². The van der Waals surface area contributed by atoms with Crippen LogP contribution in [-0.4, -0.2) is 9.78 Å². The molecular weight excluding hydrogens is 229 g/mol. The minimum Gasteiger partial charge on any atom is -0.267 e. The fraction of sp³-hybridized carbons (Fsp3) is 0.667. The minimum absolute atomic E-state index is 0.0653. The zero-order valence-corrected chi connectivity index (χ0v) is 8.65. The molecule has 1 aliphatic rings. The van der Waals surface area contributed by atoms with E-state index in [0.29, 0.717) is 18.2 Å². The third-order valence-corrected chi connectivity index (χ3v) is 2.69. The summed E-state index contributed by atoms with van der Waals surface area (Å²) in [6, 6.07) is 1.02. The van der Waals surface area contributed by atoms with Crippen molar-refractivity contribution in [1.29, 1.82) is 0 Å². The topological polar surface area (TPSA) is 17.8 Å². The van der Waals surface area contributed by atoms with Crippen LogP contribution in [0.2, 0.25) is 0 Å². The molecule has 0 saturated heterocycles. The lowest BCUT2D eigenvalue weighted by atomic mass is 10.3. The maximum Gasteiger partial charge on any atom is 0.435 e. The summed E-state index contributed by atoms with van der Waals surface area (Å²) >= 11 is 5.57. The number of hydrogen-bond acceptors (Lipinski definition) is 1. The Kier molecular flexibility index (Phi) is 2.66. The molecule has 1 heterocycles. The third-order valence-electron chi connectivity index (χ3n) is 2.42. The van der Waals surface area contributed by atoms with Crippen LogP contribution in [0.5, 0.6) is 0 Å². The van der Waals surface area contributed by atoms with Crippen molar-refractivity contribution in [2.45, 2.75) is 31.4 Å². The summed E-state index contributed by atoms with van der Waals surface area (Å²) in [5.74, 6) is 0.545. The Balaban J connectivity index is 2.23. The van der Waals surface area contributed by atoms with E-state index >= 15 is 0 Å². The first-order valence-corrected chi connectivity index (χ1v) is 5.24. The van der Waals surface area contributed by atoms with E-state index in [-0.39, 0.29) is 5.88 Å². The van der Waals surface area contributed by atoms with Crippen LogP contribution in [0.25, 0.3) is 0 Å². The van der Waals surface area contributed by atoms with Gasteiger partial charge in [-0.15, -0.1) is 11.6 Å². The van der Waals surface area contributed by atoms with Crippen LogP contribution < -0.4 is 0 Å². The van der Waals surface area contributed by atoms with E-state index in [0.717, 1.165) is 18.9 Å². The molecular formula is C9H10ClF3N2. The summed E-state index contributed by atoms with van der Waals surface area (Å²) in [7, 11) is 0. The Morgan fingerprint density at radius 1 is 1.47 bits per heavy atom. The second-order valence-corrected chi connectivity index (χ2v) is 4.05. The van der Waals surface area contributed by atoms with Gasteiger partial charge in [-0.2, -0.15) is 18.3 Å². The van der Waals surface area contributed by atoms with Crippen molar-refractivity contribution in [3.8, 4) is 0 Å². The van der Waals surface area contributed by atoms with E-state index in [9.17, 15) is 13.2 Å². The standard InChI is InChI=1S/C9H10ClF3N2/c10-4-7-3-8(9(11,12)13)14-15(7)5-6-1-2-6/h3,6H,1-2,4-5H2. The predicted molar refractivity (Wildman–Crippen MR) is 49.5 cm³/mol. The Morgan fingerprint density at radius 2 is 2.13 bits per heavy atom. The van der Waals surface area contributed by atoms with Crippen LogP contribution in [0.4, 0.5) is 13.2 Å². The first-order chi connectivity index (χ1) is 7.00. The van der Waals surface area contributed by atoms with E-state index in [2.05, 4.69) is 5.10 Å². The molecule has 0 bridgehead atoms. The van der Waals surface area contributed by atoms with Crippen molar-refractivity contribution < 1.29 is 13.2 Å². The Bertz CT molecular complexity index is 355. The maximum absolute atomic E-state index is 12.4. The lowest BCUT2D eigenvalue weighted by molar-refractivity contribution is -0.141. The minimum atomic E-state index is -4.38. The first-order valence-electron chi connectivity index (χ1n) is 4.70. The largest absolute Gasteiger partial charge is 0.435 e. The highest BCUT2D eigenvalue weighted by Crippen LogP contribution is 2.33. The van der Waals surface area contributed by atoms with Crippen LogP contribution in [0.1, 0.15) is 24.2 Å². The monoisotopic (exact) mass is 238 g/mol. The van der Waals surface area contributed by atoms with Gasteiger partial charge in [0.15, 0.2) is 5.69 Å². The molecule has 0 N–H and O–H groups in total. The average molecular weight is 239 g/mol. The summed E-state index contributed by atoms with van der Waals surface area (Å²) in [6.45, 7) is 0.554. The average Bonchev–Trinajstić information content (AvgIpc) is 2.82. The van der Waals surface area contributed by atoms with E-state index in [1.54, 1.807) is 0 Å². The molecule has 84 valence electrons. The van der Waals surface area contributed by atoms with Gasteiger partial charge in [-0.05, 0) is 24.8 Å². The highest BCUT2D eigenvalue weighted by Gasteiger charge is 2.35. The molecule has 0 aromatic carbocycles. The van der Waals surface area contributed by atoms with Gasteiger partial charge in [0.05, 0.1) is 11.6 Å². The number of alkyl halides is 4. The lowest BCUT2D eigenvalue weighted by Crippen LogP contribution is -2.09. The van der Waals surface area contributed by atoms with Crippen molar-refractivity contribution >= 4 is 11.6 Å². The van der Waals surface area contributed by atoms with Crippen LogP contribution in [0.3, 0.4) is 0 Å². The van der Waals surface area contributed by atoms with Gasteiger partial charge >= 0.3 is 6.18 Å². The molecule has 2 nitrogen and oxygen atoms in total. The third kappa shape index (κ3) is 2.45. The second-order valence-electron chi connectivity index (χ2n) is 3.78. The number of halogens is 4. The molecule has 1 aliphatic carbocycles. The molecule has 0 spiro atoms. The lowest BCUT2D eigenvalue weighted by Gasteiger charge is -2.03. The number of hydrogen-bond donors (Lipinski definition) is 0. The zero-order chi connectivity index (χ0) is 11.1. The van der Waals surface area contributed by atoms with Crippen LogP contribution >= 0.6 is 11.6 Å². The van der Waals surface area contributed by atoms with Crippen molar-refractivity contribution in [1.82, 2.24) is 9.78 Å². The smallest absolute Gasteiger partial charge is 0.267 e. The van der Waals surface area contributed by atoms with Gasteiger partial charge in [-0.1, -0.05) is 0 Å². The summed E-state index contributed by atoms with van der Waals surface area (Å²) in [5, 5.41) is 3.54. The molecule has 1 aromatic rings. The fourth-order valence-corrected chi connectivity index (χ4v) is 1.62. The van der Waals surface area contributed by atoms with Gasteiger partial charge in [0.25, 0.3) is 0 Å². The summed E-state index contributed by atoms with van der Waals surface area (Å²) in [5.41, 5.74) is -0.408. The Morgan fingerprint density at radius 3 is 2.60 bits per heavy atom. The van der Waals surface area contributed by atoms with Gasteiger partial charge in [0.2, 0.25) is 0 Å². The maximum atomic E-state index is 12.4. The van der Waals surface area contributed by atoms with Crippen LogP contribution in [0, 0.1) is 5.92 Å². The van der Waals surface area contributed by atoms with E-state index in [1.807, 2.05) is 0 Å². The van der Waals surface area contributed by atoms with Crippen LogP contribution in [-0.2, 0) is 18.6 Å². The second kappa shape index (κ2) is 3.70. The van der Waals surface area contributed by atoms with Crippen molar-refractivity contribution in [3.63, 3.8) is 0 Å². The zero-order valence-electron chi connectivity index (χ0n) is 7.89. The molecule has 0 atom stereocenters. The normalized spacial score (nSPS) is 17.1. The number of nitrogens with zero attached hydrogens (tertiary/aromatic N) is 2. The van der Waals surface area contributed by atoms with Gasteiger partial charge in [-0.3, -0.25) is 4.68 Å². The molecule has 1 aromatic heterocycles. The molecule has 6 heteroatoms. The molecule has 15 heavy (non-hydrogen) atoms. The predicted octanol–water partition coefficient (Wildman–Crippen LogP) is 3.05. The summed E-state index contributed by atoms with van der Waals surface area (Å²) in [4.78, 5) is 0. The molecule has 0 amide bonds. The Hall–Kier alpha value is -0.710. The van der Waals surface area contributed by atoms with Crippen molar-refractivity contribution in [3.05, 3.63) is 17.5 Å². The molecule has 0 aliphatic heterocycles. The van der Waals surface area contributed by atoms with E-state index in [1.165, 1.54) is 4.68 Å². The first kappa shape index (κ1) is 10.8. The quantitative estimate of drug-likeness (QED) is 0.740. The number of rotatable bonds is 3. The molecule has 0 unspecified atom stereocenters. The highest BCUT2D eigenvalue weighted by atomic mass is 35.5. The van der Waals surface area contributed by atoms with Gasteiger partial charge < -0.3 is 0 Å². The van der Waals surface area contributed by atoms with Crippen molar-refractivity contribution in [2.75, 3.05) is 0 Å². The van der Waals surface area contributed by atoms with E-state index in [4.69, 9.17) is 11.6 Å². The number of aromatic nitrogens is 2. The van der Waals surface area contributed by atoms with Crippen LogP contribution in [0.15, 0.2) is 6.07 Å². The fourth-order valence-electron chi connectivity index (χ4n) is 1.40. The highest BCUT2D eigenvalue weighted by molar-refractivity contribution is 6.16.